The number of hydrogen-bond acceptors (Lipinski definition) is 4. The zero-order valence-electron chi connectivity index (χ0n) is 12.8. The lowest BCUT2D eigenvalue weighted by atomic mass is 10.1. The largest absolute Gasteiger partial charge is 0.494 e. The summed E-state index contributed by atoms with van der Waals surface area (Å²) in [7, 11) is 1.39. The number of rotatable bonds is 3. The van der Waals surface area contributed by atoms with Gasteiger partial charge in [0, 0.05) is 25.2 Å². The molecular formula is C16H21FN2O3. The van der Waals surface area contributed by atoms with Crippen molar-refractivity contribution in [1.82, 2.24) is 10.2 Å². The van der Waals surface area contributed by atoms with Crippen LogP contribution in [-0.2, 0) is 4.74 Å². The van der Waals surface area contributed by atoms with Gasteiger partial charge in [0.15, 0.2) is 11.6 Å². The molecule has 1 amide bonds. The van der Waals surface area contributed by atoms with Crippen LogP contribution in [0.2, 0.25) is 0 Å². The minimum Gasteiger partial charge on any atom is -0.494 e. The van der Waals surface area contributed by atoms with Crippen LogP contribution in [0.1, 0.15) is 23.7 Å². The predicted octanol–water partition coefficient (Wildman–Crippen LogP) is 1.43. The number of methoxy groups -OCH3 is 1. The number of amides is 1. The molecule has 2 aliphatic rings. The van der Waals surface area contributed by atoms with Gasteiger partial charge < -0.3 is 14.8 Å². The fraction of sp³-hybridized carbons (Fsp3) is 0.562. The van der Waals surface area contributed by atoms with Crippen molar-refractivity contribution in [2.45, 2.75) is 31.5 Å². The van der Waals surface area contributed by atoms with Gasteiger partial charge in [-0.3, -0.25) is 9.69 Å². The SMILES string of the molecule is COc1cccc(C(=O)N[C@H]2C[C@H]3CO[C@@H](C)CN3C2)c1F. The Balaban J connectivity index is 1.66. The van der Waals surface area contributed by atoms with Crippen LogP contribution in [0.4, 0.5) is 4.39 Å². The maximum atomic E-state index is 14.1. The topological polar surface area (TPSA) is 50.8 Å². The summed E-state index contributed by atoms with van der Waals surface area (Å²) in [6.07, 6.45) is 1.06. The number of fused-ring (bicyclic) bond motifs is 1. The third-order valence-corrected chi connectivity index (χ3v) is 4.36. The minimum absolute atomic E-state index is 0.0221. The van der Waals surface area contributed by atoms with E-state index in [0.717, 1.165) is 19.5 Å². The lowest BCUT2D eigenvalue weighted by Gasteiger charge is -2.33. The van der Waals surface area contributed by atoms with E-state index in [4.69, 9.17) is 9.47 Å². The fourth-order valence-corrected chi connectivity index (χ4v) is 3.25. The Kier molecular flexibility index (Phi) is 4.31. The molecule has 2 aliphatic heterocycles. The lowest BCUT2D eigenvalue weighted by molar-refractivity contribution is -0.0390. The molecule has 1 N–H and O–H groups in total. The van der Waals surface area contributed by atoms with E-state index in [1.807, 2.05) is 6.92 Å². The van der Waals surface area contributed by atoms with Crippen LogP contribution in [-0.4, -0.2) is 55.8 Å². The summed E-state index contributed by atoms with van der Waals surface area (Å²) in [5.74, 6) is -0.927. The molecule has 0 bridgehead atoms. The van der Waals surface area contributed by atoms with E-state index in [0.29, 0.717) is 12.6 Å². The summed E-state index contributed by atoms with van der Waals surface area (Å²) in [5, 5.41) is 2.93. The molecule has 22 heavy (non-hydrogen) atoms. The predicted molar refractivity (Wildman–Crippen MR) is 79.6 cm³/mol. The quantitative estimate of drug-likeness (QED) is 0.918. The number of benzene rings is 1. The Morgan fingerprint density at radius 3 is 3.05 bits per heavy atom. The number of hydrogen-bond donors (Lipinski definition) is 1. The number of carbonyl (C=O) groups excluding carboxylic acids is 1. The smallest absolute Gasteiger partial charge is 0.254 e. The summed E-state index contributed by atoms with van der Waals surface area (Å²) in [6.45, 7) is 4.41. The Labute approximate surface area is 129 Å². The van der Waals surface area contributed by atoms with Gasteiger partial charge in [-0.05, 0) is 25.5 Å². The van der Waals surface area contributed by atoms with Gasteiger partial charge in [0.1, 0.15) is 0 Å². The van der Waals surface area contributed by atoms with Crippen LogP contribution >= 0.6 is 0 Å². The first kappa shape index (κ1) is 15.2. The second-order valence-corrected chi connectivity index (χ2v) is 5.98. The van der Waals surface area contributed by atoms with E-state index in [1.165, 1.54) is 19.2 Å². The van der Waals surface area contributed by atoms with E-state index in [1.54, 1.807) is 6.07 Å². The van der Waals surface area contributed by atoms with E-state index < -0.39 is 11.7 Å². The Morgan fingerprint density at radius 2 is 2.27 bits per heavy atom. The highest BCUT2D eigenvalue weighted by Gasteiger charge is 2.37. The molecule has 3 atom stereocenters. The highest BCUT2D eigenvalue weighted by molar-refractivity contribution is 5.95. The normalized spacial score (nSPS) is 28.2. The molecule has 3 rings (SSSR count). The molecular weight excluding hydrogens is 287 g/mol. The third kappa shape index (κ3) is 2.94. The standard InChI is InChI=1S/C16H21FN2O3/c1-10-7-19-8-11(6-12(19)9-22-10)18-16(20)13-4-3-5-14(21-2)15(13)17/h3-5,10-12H,6-9H2,1-2H3,(H,18,20)/t10-,11-,12-/m0/s1. The van der Waals surface area contributed by atoms with Crippen LogP contribution in [0.5, 0.6) is 5.75 Å². The van der Waals surface area contributed by atoms with Gasteiger partial charge >= 0.3 is 0 Å². The van der Waals surface area contributed by atoms with Gasteiger partial charge in [-0.2, -0.15) is 0 Å². The van der Waals surface area contributed by atoms with E-state index >= 15 is 0 Å². The Bertz CT molecular complexity index is 566. The molecule has 1 aromatic carbocycles. The maximum Gasteiger partial charge on any atom is 0.254 e. The van der Waals surface area contributed by atoms with Gasteiger partial charge in [0.05, 0.1) is 25.4 Å². The summed E-state index contributed by atoms with van der Waals surface area (Å²) in [5.41, 5.74) is 0.0221. The van der Waals surface area contributed by atoms with Crippen molar-refractivity contribution in [3.63, 3.8) is 0 Å². The number of morpholine rings is 1. The van der Waals surface area contributed by atoms with Gasteiger partial charge in [0.2, 0.25) is 0 Å². The summed E-state index contributed by atoms with van der Waals surface area (Å²) in [6, 6.07) is 4.96. The molecule has 0 aliphatic carbocycles. The molecule has 0 unspecified atom stereocenters. The highest BCUT2D eigenvalue weighted by atomic mass is 19.1. The van der Waals surface area contributed by atoms with Crippen molar-refractivity contribution < 1.29 is 18.7 Å². The van der Waals surface area contributed by atoms with Crippen LogP contribution < -0.4 is 10.1 Å². The summed E-state index contributed by atoms with van der Waals surface area (Å²) in [4.78, 5) is 14.6. The third-order valence-electron chi connectivity index (χ3n) is 4.36. The van der Waals surface area contributed by atoms with Crippen LogP contribution in [0.25, 0.3) is 0 Å². The summed E-state index contributed by atoms with van der Waals surface area (Å²) >= 11 is 0. The maximum absolute atomic E-state index is 14.1. The van der Waals surface area contributed by atoms with Crippen molar-refractivity contribution in [2.75, 3.05) is 26.8 Å². The second kappa shape index (κ2) is 6.22. The highest BCUT2D eigenvalue weighted by Crippen LogP contribution is 2.24. The van der Waals surface area contributed by atoms with E-state index in [-0.39, 0.29) is 23.5 Å². The molecule has 2 fully saturated rings. The van der Waals surface area contributed by atoms with Gasteiger partial charge in [-0.1, -0.05) is 6.07 Å². The number of ether oxygens (including phenoxy) is 2. The molecule has 5 nitrogen and oxygen atoms in total. The van der Waals surface area contributed by atoms with Crippen LogP contribution in [0.3, 0.4) is 0 Å². The fourth-order valence-electron chi connectivity index (χ4n) is 3.25. The molecule has 120 valence electrons. The molecule has 0 aromatic heterocycles. The van der Waals surface area contributed by atoms with E-state index in [2.05, 4.69) is 10.2 Å². The van der Waals surface area contributed by atoms with Gasteiger partial charge in [0.25, 0.3) is 5.91 Å². The van der Waals surface area contributed by atoms with Crippen molar-refractivity contribution in [3.05, 3.63) is 29.6 Å². The molecule has 2 saturated heterocycles. The number of nitrogens with zero attached hydrogens (tertiary/aromatic N) is 1. The molecule has 0 saturated carbocycles. The first-order valence-corrected chi connectivity index (χ1v) is 7.57. The molecule has 6 heteroatoms. The Hall–Kier alpha value is -1.66. The first-order valence-electron chi connectivity index (χ1n) is 7.57. The van der Waals surface area contributed by atoms with Crippen molar-refractivity contribution in [3.8, 4) is 5.75 Å². The molecule has 1 aromatic rings. The van der Waals surface area contributed by atoms with Gasteiger partial charge in [-0.25, -0.2) is 4.39 Å². The van der Waals surface area contributed by atoms with Crippen molar-refractivity contribution >= 4 is 5.91 Å². The number of carbonyl (C=O) groups is 1. The molecule has 2 heterocycles. The first-order chi connectivity index (χ1) is 10.6. The van der Waals surface area contributed by atoms with Crippen molar-refractivity contribution in [1.29, 1.82) is 0 Å². The average Bonchev–Trinajstić information content (AvgIpc) is 2.88. The number of halogens is 1. The van der Waals surface area contributed by atoms with Gasteiger partial charge in [-0.15, -0.1) is 0 Å². The Morgan fingerprint density at radius 1 is 1.45 bits per heavy atom. The van der Waals surface area contributed by atoms with E-state index in [9.17, 15) is 9.18 Å². The second-order valence-electron chi connectivity index (χ2n) is 5.98. The molecule has 0 radical (unpaired) electrons. The molecule has 0 spiro atoms. The van der Waals surface area contributed by atoms with Crippen LogP contribution in [0, 0.1) is 5.82 Å². The average molecular weight is 308 g/mol. The monoisotopic (exact) mass is 308 g/mol. The lowest BCUT2D eigenvalue weighted by Crippen LogP contribution is -2.45. The minimum atomic E-state index is -0.616. The zero-order valence-corrected chi connectivity index (χ0v) is 12.8. The van der Waals surface area contributed by atoms with Crippen molar-refractivity contribution in [2.24, 2.45) is 0 Å². The zero-order chi connectivity index (χ0) is 15.7. The summed E-state index contributed by atoms with van der Waals surface area (Å²) < 4.78 is 24.7. The number of nitrogens with one attached hydrogen (secondary N) is 1. The van der Waals surface area contributed by atoms with Crippen LogP contribution in [0.15, 0.2) is 18.2 Å².